The van der Waals surface area contributed by atoms with Crippen molar-refractivity contribution in [3.63, 3.8) is 0 Å². The summed E-state index contributed by atoms with van der Waals surface area (Å²) in [5.74, 6) is 6.18. The van der Waals surface area contributed by atoms with E-state index in [1.807, 2.05) is 18.5 Å². The second-order valence-corrected chi connectivity index (χ2v) is 4.14. The Labute approximate surface area is 92.1 Å². The van der Waals surface area contributed by atoms with Crippen molar-refractivity contribution in [1.82, 2.24) is 10.4 Å². The van der Waals surface area contributed by atoms with Crippen molar-refractivity contribution in [2.75, 3.05) is 0 Å². The highest BCUT2D eigenvalue weighted by atomic mass is 15.2. The quantitative estimate of drug-likeness (QED) is 0.575. The van der Waals surface area contributed by atoms with E-state index in [0.29, 0.717) is 5.92 Å². The zero-order valence-corrected chi connectivity index (χ0v) is 9.83. The van der Waals surface area contributed by atoms with E-state index in [1.54, 1.807) is 0 Å². The Morgan fingerprint density at radius 3 is 2.80 bits per heavy atom. The Morgan fingerprint density at radius 2 is 2.27 bits per heavy atom. The number of hydrazine groups is 1. The van der Waals surface area contributed by atoms with E-state index in [-0.39, 0.29) is 6.04 Å². The summed E-state index contributed by atoms with van der Waals surface area (Å²) in [6.45, 7) is 6.50. The van der Waals surface area contributed by atoms with E-state index in [1.165, 1.54) is 24.0 Å². The van der Waals surface area contributed by atoms with Crippen molar-refractivity contribution >= 4 is 0 Å². The van der Waals surface area contributed by atoms with Gasteiger partial charge in [0.05, 0.1) is 0 Å². The first-order chi connectivity index (χ1) is 7.20. The molecule has 0 amide bonds. The molecule has 1 heterocycles. The van der Waals surface area contributed by atoms with Gasteiger partial charge in [-0.05, 0) is 36.5 Å². The number of hydrogen-bond donors (Lipinski definition) is 2. The maximum absolute atomic E-state index is 5.63. The van der Waals surface area contributed by atoms with Crippen molar-refractivity contribution < 1.29 is 0 Å². The first kappa shape index (κ1) is 12.1. The van der Waals surface area contributed by atoms with E-state index < -0.39 is 0 Å². The van der Waals surface area contributed by atoms with Crippen LogP contribution >= 0.6 is 0 Å². The fraction of sp³-hybridized carbons (Fsp3) is 0.583. The molecule has 0 fully saturated rings. The van der Waals surface area contributed by atoms with Crippen LogP contribution in [0.3, 0.4) is 0 Å². The minimum absolute atomic E-state index is 0.230. The molecule has 0 saturated carbocycles. The number of hydrogen-bond acceptors (Lipinski definition) is 3. The molecule has 84 valence electrons. The van der Waals surface area contributed by atoms with Crippen LogP contribution < -0.4 is 11.3 Å². The minimum Gasteiger partial charge on any atom is -0.271 e. The molecule has 3 nitrogen and oxygen atoms in total. The lowest BCUT2D eigenvalue weighted by atomic mass is 9.90. The summed E-state index contributed by atoms with van der Waals surface area (Å²) in [5.41, 5.74) is 5.37. The van der Waals surface area contributed by atoms with Gasteiger partial charge in [0.15, 0.2) is 0 Å². The van der Waals surface area contributed by atoms with Crippen LogP contribution in [0.5, 0.6) is 0 Å². The lowest BCUT2D eigenvalue weighted by Crippen LogP contribution is -2.33. The summed E-state index contributed by atoms with van der Waals surface area (Å²) in [7, 11) is 0. The molecule has 1 aromatic rings. The maximum Gasteiger partial charge on any atom is 0.0489 e. The van der Waals surface area contributed by atoms with E-state index in [4.69, 9.17) is 5.84 Å². The molecule has 0 aliphatic carbocycles. The van der Waals surface area contributed by atoms with Crippen molar-refractivity contribution in [3.8, 4) is 0 Å². The monoisotopic (exact) mass is 207 g/mol. The summed E-state index contributed by atoms with van der Waals surface area (Å²) in [5, 5.41) is 0. The molecule has 3 N–H and O–H groups in total. The average molecular weight is 207 g/mol. The standard InChI is InChI=1S/C12H21N3/c1-4-5-9(2)12(15-13)11-6-7-14-8-10(11)3/h6-9,12,15H,4-5,13H2,1-3H3. The number of nitrogens with zero attached hydrogens (tertiary/aromatic N) is 1. The molecule has 2 atom stereocenters. The number of pyridine rings is 1. The number of aromatic nitrogens is 1. The molecule has 0 aliphatic rings. The van der Waals surface area contributed by atoms with Gasteiger partial charge in [-0.25, -0.2) is 0 Å². The summed E-state index contributed by atoms with van der Waals surface area (Å²) in [4.78, 5) is 4.10. The van der Waals surface area contributed by atoms with Crippen molar-refractivity contribution in [2.24, 2.45) is 11.8 Å². The first-order valence-electron chi connectivity index (χ1n) is 5.57. The Bertz CT molecular complexity index is 299. The summed E-state index contributed by atoms with van der Waals surface area (Å²) >= 11 is 0. The summed E-state index contributed by atoms with van der Waals surface area (Å²) in [6, 6.07) is 2.28. The Balaban J connectivity index is 2.87. The fourth-order valence-electron chi connectivity index (χ4n) is 2.02. The summed E-state index contributed by atoms with van der Waals surface area (Å²) in [6.07, 6.45) is 6.07. The second kappa shape index (κ2) is 5.83. The molecule has 0 saturated heterocycles. The smallest absolute Gasteiger partial charge is 0.0489 e. The van der Waals surface area contributed by atoms with Gasteiger partial charge in [-0.3, -0.25) is 16.3 Å². The van der Waals surface area contributed by atoms with Crippen LogP contribution in [0.25, 0.3) is 0 Å². The largest absolute Gasteiger partial charge is 0.271 e. The third-order valence-electron chi connectivity index (χ3n) is 2.89. The predicted octanol–water partition coefficient (Wildman–Crippen LogP) is 2.33. The molecule has 0 spiro atoms. The van der Waals surface area contributed by atoms with E-state index in [9.17, 15) is 0 Å². The van der Waals surface area contributed by atoms with Gasteiger partial charge in [-0.2, -0.15) is 0 Å². The SMILES string of the molecule is CCCC(C)C(NN)c1ccncc1C. The number of aryl methyl sites for hydroxylation is 1. The molecule has 0 aromatic carbocycles. The highest BCUT2D eigenvalue weighted by Crippen LogP contribution is 2.26. The molecular weight excluding hydrogens is 186 g/mol. The van der Waals surface area contributed by atoms with Crippen LogP contribution in [0.2, 0.25) is 0 Å². The van der Waals surface area contributed by atoms with Crippen LogP contribution in [-0.4, -0.2) is 4.98 Å². The lowest BCUT2D eigenvalue weighted by molar-refractivity contribution is 0.367. The normalized spacial score (nSPS) is 14.9. The minimum atomic E-state index is 0.230. The van der Waals surface area contributed by atoms with Gasteiger partial charge in [-0.1, -0.05) is 20.3 Å². The third-order valence-corrected chi connectivity index (χ3v) is 2.89. The zero-order chi connectivity index (χ0) is 11.3. The van der Waals surface area contributed by atoms with Gasteiger partial charge in [0, 0.05) is 18.4 Å². The molecule has 3 heteroatoms. The highest BCUT2D eigenvalue weighted by molar-refractivity contribution is 5.25. The van der Waals surface area contributed by atoms with Gasteiger partial charge < -0.3 is 0 Å². The molecule has 0 aliphatic heterocycles. The van der Waals surface area contributed by atoms with Crippen LogP contribution in [0.1, 0.15) is 43.9 Å². The summed E-state index contributed by atoms with van der Waals surface area (Å²) < 4.78 is 0. The van der Waals surface area contributed by atoms with Crippen molar-refractivity contribution in [2.45, 2.75) is 39.7 Å². The zero-order valence-electron chi connectivity index (χ0n) is 9.83. The molecule has 0 bridgehead atoms. The Kier molecular flexibility index (Phi) is 4.72. The molecule has 0 radical (unpaired) electrons. The van der Waals surface area contributed by atoms with Gasteiger partial charge in [0.1, 0.15) is 0 Å². The molecular formula is C12H21N3. The topological polar surface area (TPSA) is 50.9 Å². The maximum atomic E-state index is 5.63. The van der Waals surface area contributed by atoms with Crippen LogP contribution in [0, 0.1) is 12.8 Å². The van der Waals surface area contributed by atoms with Crippen LogP contribution in [-0.2, 0) is 0 Å². The average Bonchev–Trinajstić information content (AvgIpc) is 2.22. The lowest BCUT2D eigenvalue weighted by Gasteiger charge is -2.24. The first-order valence-corrected chi connectivity index (χ1v) is 5.57. The second-order valence-electron chi connectivity index (χ2n) is 4.14. The third kappa shape index (κ3) is 3.01. The van der Waals surface area contributed by atoms with E-state index in [2.05, 4.69) is 31.2 Å². The molecule has 15 heavy (non-hydrogen) atoms. The Hall–Kier alpha value is -0.930. The highest BCUT2D eigenvalue weighted by Gasteiger charge is 2.18. The van der Waals surface area contributed by atoms with Gasteiger partial charge in [0.2, 0.25) is 0 Å². The van der Waals surface area contributed by atoms with Gasteiger partial charge >= 0.3 is 0 Å². The van der Waals surface area contributed by atoms with E-state index >= 15 is 0 Å². The molecule has 2 unspecified atom stereocenters. The fourth-order valence-corrected chi connectivity index (χ4v) is 2.02. The van der Waals surface area contributed by atoms with Gasteiger partial charge in [-0.15, -0.1) is 0 Å². The molecule has 1 rings (SSSR count). The van der Waals surface area contributed by atoms with Gasteiger partial charge in [0.25, 0.3) is 0 Å². The van der Waals surface area contributed by atoms with Crippen LogP contribution in [0.4, 0.5) is 0 Å². The van der Waals surface area contributed by atoms with Crippen LogP contribution in [0.15, 0.2) is 18.5 Å². The number of rotatable bonds is 5. The van der Waals surface area contributed by atoms with E-state index in [0.717, 1.165) is 0 Å². The predicted molar refractivity (Wildman–Crippen MR) is 63.1 cm³/mol. The molecule has 1 aromatic heterocycles. The van der Waals surface area contributed by atoms with Crippen molar-refractivity contribution in [1.29, 1.82) is 0 Å². The number of nitrogens with two attached hydrogens (primary N) is 1. The Morgan fingerprint density at radius 1 is 1.53 bits per heavy atom. The number of nitrogens with one attached hydrogen (secondary N) is 1. The van der Waals surface area contributed by atoms with Crippen molar-refractivity contribution in [3.05, 3.63) is 29.6 Å².